The van der Waals surface area contributed by atoms with Gasteiger partial charge in [-0.15, -0.1) is 0 Å². The number of hydrogen-bond donors (Lipinski definition) is 1. The number of nitrogens with zero attached hydrogens (tertiary/aromatic N) is 1. The second-order valence-corrected chi connectivity index (χ2v) is 5.16. The molecule has 1 heterocycles. The smallest absolute Gasteiger partial charge is 0.333 e. The third kappa shape index (κ3) is 4.01. The van der Waals surface area contributed by atoms with Crippen molar-refractivity contribution in [2.75, 3.05) is 11.9 Å². The molecule has 0 aliphatic carbocycles. The predicted molar refractivity (Wildman–Crippen MR) is 81.3 cm³/mol. The number of benzene rings is 1. The van der Waals surface area contributed by atoms with Crippen molar-refractivity contribution in [1.82, 2.24) is 4.98 Å². The SMILES string of the molecule is CCOC(=O)C(Nc1ccccc1F)c1cncc(Br)c1. The molecule has 1 unspecified atom stereocenters. The summed E-state index contributed by atoms with van der Waals surface area (Å²) in [5.41, 5.74) is 0.821. The van der Waals surface area contributed by atoms with Gasteiger partial charge in [0.15, 0.2) is 6.04 Å². The van der Waals surface area contributed by atoms with Gasteiger partial charge in [-0.25, -0.2) is 9.18 Å². The first kappa shape index (κ1) is 15.4. The van der Waals surface area contributed by atoms with Gasteiger partial charge >= 0.3 is 5.97 Å². The lowest BCUT2D eigenvalue weighted by Crippen LogP contribution is -2.24. The highest BCUT2D eigenvalue weighted by Crippen LogP contribution is 2.24. The fraction of sp³-hybridized carbons (Fsp3) is 0.200. The number of esters is 1. The summed E-state index contributed by atoms with van der Waals surface area (Å²) in [5.74, 6) is -0.921. The molecule has 0 aliphatic heterocycles. The fourth-order valence-corrected chi connectivity index (χ4v) is 2.21. The number of carbonyl (C=O) groups is 1. The van der Waals surface area contributed by atoms with Crippen LogP contribution in [-0.4, -0.2) is 17.6 Å². The molecule has 0 saturated carbocycles. The van der Waals surface area contributed by atoms with Gasteiger partial charge in [-0.1, -0.05) is 12.1 Å². The largest absolute Gasteiger partial charge is 0.464 e. The lowest BCUT2D eigenvalue weighted by molar-refractivity contribution is -0.144. The maximum Gasteiger partial charge on any atom is 0.333 e. The van der Waals surface area contributed by atoms with Crippen LogP contribution in [0, 0.1) is 5.82 Å². The number of para-hydroxylation sites is 1. The van der Waals surface area contributed by atoms with Crippen LogP contribution in [0.15, 0.2) is 47.2 Å². The average Bonchev–Trinajstić information content (AvgIpc) is 2.46. The number of anilines is 1. The molecule has 4 nitrogen and oxygen atoms in total. The number of aromatic nitrogens is 1. The third-order valence-electron chi connectivity index (χ3n) is 2.76. The van der Waals surface area contributed by atoms with Crippen LogP contribution in [0.3, 0.4) is 0 Å². The van der Waals surface area contributed by atoms with E-state index in [1.807, 2.05) is 0 Å². The lowest BCUT2D eigenvalue weighted by atomic mass is 10.1. The van der Waals surface area contributed by atoms with Crippen molar-refractivity contribution >= 4 is 27.6 Å². The number of hydrogen-bond acceptors (Lipinski definition) is 4. The Labute approximate surface area is 130 Å². The zero-order valence-corrected chi connectivity index (χ0v) is 12.9. The van der Waals surface area contributed by atoms with Gasteiger partial charge in [-0.2, -0.15) is 0 Å². The zero-order chi connectivity index (χ0) is 15.2. The van der Waals surface area contributed by atoms with Crippen LogP contribution in [0.25, 0.3) is 0 Å². The summed E-state index contributed by atoms with van der Waals surface area (Å²) < 4.78 is 19.5. The van der Waals surface area contributed by atoms with Gasteiger partial charge in [0.1, 0.15) is 5.82 Å². The Morgan fingerprint density at radius 1 is 1.43 bits per heavy atom. The van der Waals surface area contributed by atoms with Gasteiger partial charge in [0.25, 0.3) is 0 Å². The fourth-order valence-electron chi connectivity index (χ4n) is 1.82. The first-order valence-electron chi connectivity index (χ1n) is 6.40. The molecule has 2 aromatic rings. The van der Waals surface area contributed by atoms with E-state index in [1.54, 1.807) is 43.6 Å². The van der Waals surface area contributed by atoms with Crippen molar-refractivity contribution in [2.45, 2.75) is 13.0 Å². The number of halogens is 2. The van der Waals surface area contributed by atoms with Gasteiger partial charge in [-0.05, 0) is 41.1 Å². The topological polar surface area (TPSA) is 51.2 Å². The van der Waals surface area contributed by atoms with E-state index >= 15 is 0 Å². The maximum atomic E-state index is 13.8. The van der Waals surface area contributed by atoms with Crippen LogP contribution in [-0.2, 0) is 9.53 Å². The highest BCUT2D eigenvalue weighted by molar-refractivity contribution is 9.10. The molecular weight excluding hydrogens is 339 g/mol. The molecule has 6 heteroatoms. The molecule has 0 spiro atoms. The number of nitrogens with one attached hydrogen (secondary N) is 1. The van der Waals surface area contributed by atoms with Crippen molar-refractivity contribution in [3.05, 3.63) is 58.6 Å². The molecule has 0 fully saturated rings. The van der Waals surface area contributed by atoms with Crippen LogP contribution in [0.5, 0.6) is 0 Å². The highest BCUT2D eigenvalue weighted by Gasteiger charge is 2.23. The van der Waals surface area contributed by atoms with Gasteiger partial charge in [0.05, 0.1) is 12.3 Å². The Morgan fingerprint density at radius 3 is 2.86 bits per heavy atom. The molecule has 0 radical (unpaired) electrons. The van der Waals surface area contributed by atoms with E-state index < -0.39 is 17.8 Å². The summed E-state index contributed by atoms with van der Waals surface area (Å²) in [6.45, 7) is 1.97. The molecule has 0 amide bonds. The van der Waals surface area contributed by atoms with E-state index in [0.29, 0.717) is 5.56 Å². The normalized spacial score (nSPS) is 11.8. The molecule has 1 aromatic carbocycles. The van der Waals surface area contributed by atoms with E-state index in [1.165, 1.54) is 6.07 Å². The van der Waals surface area contributed by atoms with E-state index in [2.05, 4.69) is 26.2 Å². The first-order valence-corrected chi connectivity index (χ1v) is 7.19. The van der Waals surface area contributed by atoms with Gasteiger partial charge < -0.3 is 10.1 Å². The van der Waals surface area contributed by atoms with Gasteiger partial charge in [-0.3, -0.25) is 4.98 Å². The first-order chi connectivity index (χ1) is 10.1. The highest BCUT2D eigenvalue weighted by atomic mass is 79.9. The number of carbonyl (C=O) groups excluding carboxylic acids is 1. The molecule has 1 atom stereocenters. The van der Waals surface area contributed by atoms with Crippen molar-refractivity contribution < 1.29 is 13.9 Å². The molecule has 21 heavy (non-hydrogen) atoms. The summed E-state index contributed by atoms with van der Waals surface area (Å²) in [6, 6.07) is 7.07. The standard InChI is InChI=1S/C15H14BrFN2O2/c1-2-21-15(20)14(10-7-11(16)9-18-8-10)19-13-6-4-3-5-12(13)17/h3-9,14,19H,2H2,1H3. The quantitative estimate of drug-likeness (QED) is 0.833. The van der Waals surface area contributed by atoms with E-state index in [0.717, 1.165) is 4.47 Å². The summed E-state index contributed by atoms with van der Waals surface area (Å²) in [5, 5.41) is 2.86. The summed E-state index contributed by atoms with van der Waals surface area (Å²) in [6.07, 6.45) is 3.15. The van der Waals surface area contributed by atoms with Crippen LogP contribution in [0.2, 0.25) is 0 Å². The van der Waals surface area contributed by atoms with E-state index in [-0.39, 0.29) is 12.3 Å². The van der Waals surface area contributed by atoms with Gasteiger partial charge in [0.2, 0.25) is 0 Å². The second kappa shape index (κ2) is 7.17. The second-order valence-electron chi connectivity index (χ2n) is 4.25. The van der Waals surface area contributed by atoms with Crippen molar-refractivity contribution in [1.29, 1.82) is 0 Å². The molecule has 110 valence electrons. The molecule has 0 bridgehead atoms. The zero-order valence-electron chi connectivity index (χ0n) is 11.3. The summed E-state index contributed by atoms with van der Waals surface area (Å²) in [4.78, 5) is 16.1. The minimum atomic E-state index is -0.827. The van der Waals surface area contributed by atoms with Crippen molar-refractivity contribution in [2.24, 2.45) is 0 Å². The molecule has 1 N–H and O–H groups in total. The monoisotopic (exact) mass is 352 g/mol. The van der Waals surface area contributed by atoms with Crippen LogP contribution >= 0.6 is 15.9 Å². The molecular formula is C15H14BrFN2O2. The van der Waals surface area contributed by atoms with Gasteiger partial charge in [0, 0.05) is 22.4 Å². The van der Waals surface area contributed by atoms with Crippen LogP contribution < -0.4 is 5.32 Å². The molecule has 1 aromatic heterocycles. The molecule has 2 rings (SSSR count). The summed E-state index contributed by atoms with van der Waals surface area (Å²) >= 11 is 3.30. The number of pyridine rings is 1. The Hall–Kier alpha value is -1.95. The van der Waals surface area contributed by atoms with Crippen molar-refractivity contribution in [3.63, 3.8) is 0 Å². The third-order valence-corrected chi connectivity index (χ3v) is 3.19. The van der Waals surface area contributed by atoms with Crippen LogP contribution in [0.1, 0.15) is 18.5 Å². The Bertz CT molecular complexity index is 637. The Balaban J connectivity index is 2.33. The Morgan fingerprint density at radius 2 is 2.19 bits per heavy atom. The van der Waals surface area contributed by atoms with E-state index in [9.17, 15) is 9.18 Å². The minimum Gasteiger partial charge on any atom is -0.464 e. The number of ether oxygens (including phenoxy) is 1. The Kier molecular flexibility index (Phi) is 5.27. The molecule has 0 aliphatic rings. The van der Waals surface area contributed by atoms with Crippen molar-refractivity contribution in [3.8, 4) is 0 Å². The lowest BCUT2D eigenvalue weighted by Gasteiger charge is -2.19. The summed E-state index contributed by atoms with van der Waals surface area (Å²) in [7, 11) is 0. The van der Waals surface area contributed by atoms with Crippen LogP contribution in [0.4, 0.5) is 10.1 Å². The predicted octanol–water partition coefficient (Wildman–Crippen LogP) is 3.70. The number of rotatable bonds is 5. The molecule has 0 saturated heterocycles. The maximum absolute atomic E-state index is 13.8. The minimum absolute atomic E-state index is 0.232. The average molecular weight is 353 g/mol. The van der Waals surface area contributed by atoms with E-state index in [4.69, 9.17) is 4.74 Å².